The van der Waals surface area contributed by atoms with Crippen LogP contribution in [0, 0.1) is 5.41 Å². The van der Waals surface area contributed by atoms with Crippen LogP contribution in [0.1, 0.15) is 25.7 Å². The molecular formula is C13H27N3O2. The summed E-state index contributed by atoms with van der Waals surface area (Å²) in [4.78, 5) is 15.5. The van der Waals surface area contributed by atoms with Crippen LogP contribution in [-0.4, -0.2) is 68.3 Å². The molecule has 0 aromatic carbocycles. The topological polar surface area (TPSA) is 55.8 Å². The van der Waals surface area contributed by atoms with Crippen molar-refractivity contribution in [3.05, 3.63) is 0 Å². The van der Waals surface area contributed by atoms with E-state index in [1.54, 1.807) is 7.05 Å². The Morgan fingerprint density at radius 1 is 1.28 bits per heavy atom. The van der Waals surface area contributed by atoms with Gasteiger partial charge in [0.25, 0.3) is 0 Å². The maximum Gasteiger partial charge on any atom is 0.317 e. The highest BCUT2D eigenvalue weighted by atomic mass is 16.3. The van der Waals surface area contributed by atoms with E-state index in [4.69, 9.17) is 5.11 Å². The van der Waals surface area contributed by atoms with Gasteiger partial charge in [-0.2, -0.15) is 0 Å². The first-order valence-electron chi connectivity index (χ1n) is 6.74. The lowest BCUT2D eigenvalue weighted by atomic mass is 9.85. The van der Waals surface area contributed by atoms with Crippen molar-refractivity contribution in [2.24, 2.45) is 5.41 Å². The average molecular weight is 257 g/mol. The number of carbonyl (C=O) groups excluding carboxylic acids is 1. The van der Waals surface area contributed by atoms with Gasteiger partial charge in [0, 0.05) is 32.1 Å². The molecule has 2 N–H and O–H groups in total. The molecule has 5 heteroatoms. The van der Waals surface area contributed by atoms with Gasteiger partial charge in [0.1, 0.15) is 0 Å². The van der Waals surface area contributed by atoms with Gasteiger partial charge in [-0.25, -0.2) is 4.79 Å². The molecule has 0 aromatic heterocycles. The van der Waals surface area contributed by atoms with Gasteiger partial charge in [-0.1, -0.05) is 12.8 Å². The number of rotatable bonds is 6. The standard InChI is InChI=1S/C13H27N3O2/c1-15(2)11-13(6-4-5-7-13)10-14-12(18)16(3)8-9-17/h17H,4-11H2,1-3H3,(H,14,18). The van der Waals surface area contributed by atoms with Crippen LogP contribution < -0.4 is 5.32 Å². The van der Waals surface area contributed by atoms with Gasteiger partial charge < -0.3 is 20.2 Å². The maximum absolute atomic E-state index is 11.8. The van der Waals surface area contributed by atoms with Gasteiger partial charge >= 0.3 is 6.03 Å². The van der Waals surface area contributed by atoms with Gasteiger partial charge in [0.05, 0.1) is 6.61 Å². The summed E-state index contributed by atoms with van der Waals surface area (Å²) >= 11 is 0. The van der Waals surface area contributed by atoms with Crippen LogP contribution in [-0.2, 0) is 0 Å². The molecular weight excluding hydrogens is 230 g/mol. The van der Waals surface area contributed by atoms with Crippen molar-refractivity contribution < 1.29 is 9.90 Å². The lowest BCUT2D eigenvalue weighted by Gasteiger charge is -2.33. The van der Waals surface area contributed by atoms with Gasteiger partial charge in [0.2, 0.25) is 0 Å². The number of aliphatic hydroxyl groups is 1. The fraction of sp³-hybridized carbons (Fsp3) is 0.923. The Morgan fingerprint density at radius 3 is 2.39 bits per heavy atom. The van der Waals surface area contributed by atoms with Crippen LogP contribution in [0.15, 0.2) is 0 Å². The van der Waals surface area contributed by atoms with E-state index in [1.807, 2.05) is 0 Å². The van der Waals surface area contributed by atoms with Crippen molar-refractivity contribution in [1.29, 1.82) is 0 Å². The fourth-order valence-electron chi connectivity index (χ4n) is 2.84. The van der Waals surface area contributed by atoms with E-state index in [0.717, 1.165) is 13.1 Å². The van der Waals surface area contributed by atoms with E-state index in [2.05, 4.69) is 24.3 Å². The molecule has 0 aromatic rings. The highest BCUT2D eigenvalue weighted by Gasteiger charge is 2.34. The predicted octanol–water partition coefficient (Wildman–Crippen LogP) is 0.742. The molecule has 18 heavy (non-hydrogen) atoms. The van der Waals surface area contributed by atoms with Gasteiger partial charge in [-0.15, -0.1) is 0 Å². The number of hydrogen-bond acceptors (Lipinski definition) is 3. The second-order valence-corrected chi connectivity index (χ2v) is 5.75. The van der Waals surface area contributed by atoms with Gasteiger partial charge in [0.15, 0.2) is 0 Å². The van der Waals surface area contributed by atoms with Crippen LogP contribution in [0.3, 0.4) is 0 Å². The summed E-state index contributed by atoms with van der Waals surface area (Å²) < 4.78 is 0. The molecule has 0 bridgehead atoms. The third-order valence-corrected chi connectivity index (χ3v) is 3.71. The summed E-state index contributed by atoms with van der Waals surface area (Å²) in [7, 11) is 5.87. The maximum atomic E-state index is 11.8. The summed E-state index contributed by atoms with van der Waals surface area (Å²) in [5.41, 5.74) is 0.235. The minimum Gasteiger partial charge on any atom is -0.395 e. The molecule has 1 saturated carbocycles. The molecule has 0 aliphatic heterocycles. The van der Waals surface area contributed by atoms with Crippen molar-refractivity contribution >= 4 is 6.03 Å². The highest BCUT2D eigenvalue weighted by molar-refractivity contribution is 5.73. The first-order chi connectivity index (χ1) is 8.49. The van der Waals surface area contributed by atoms with E-state index in [0.29, 0.717) is 6.54 Å². The van der Waals surface area contributed by atoms with Crippen LogP contribution in [0.2, 0.25) is 0 Å². The van der Waals surface area contributed by atoms with Crippen molar-refractivity contribution in [3.63, 3.8) is 0 Å². The minimum absolute atomic E-state index is 0.00671. The van der Waals surface area contributed by atoms with Crippen molar-refractivity contribution in [2.45, 2.75) is 25.7 Å². The Kier molecular flexibility index (Phi) is 5.88. The molecule has 1 aliphatic carbocycles. The van der Waals surface area contributed by atoms with Crippen molar-refractivity contribution in [1.82, 2.24) is 15.1 Å². The number of nitrogens with one attached hydrogen (secondary N) is 1. The van der Waals surface area contributed by atoms with E-state index in [1.165, 1.54) is 30.6 Å². The number of urea groups is 1. The van der Waals surface area contributed by atoms with Crippen LogP contribution in [0.5, 0.6) is 0 Å². The van der Waals surface area contributed by atoms with Gasteiger partial charge in [-0.3, -0.25) is 0 Å². The zero-order valence-electron chi connectivity index (χ0n) is 11.9. The Morgan fingerprint density at radius 2 is 1.89 bits per heavy atom. The van der Waals surface area contributed by atoms with E-state index < -0.39 is 0 Å². The lowest BCUT2D eigenvalue weighted by molar-refractivity contribution is 0.169. The molecule has 0 spiro atoms. The summed E-state index contributed by atoms with van der Waals surface area (Å²) in [5, 5.41) is 11.8. The molecule has 2 amide bonds. The zero-order valence-corrected chi connectivity index (χ0v) is 11.9. The van der Waals surface area contributed by atoms with Crippen molar-refractivity contribution in [3.8, 4) is 0 Å². The second kappa shape index (κ2) is 6.95. The highest BCUT2D eigenvalue weighted by Crippen LogP contribution is 2.37. The number of hydrogen-bond donors (Lipinski definition) is 2. The molecule has 1 fully saturated rings. The molecule has 0 radical (unpaired) electrons. The monoisotopic (exact) mass is 257 g/mol. The quantitative estimate of drug-likeness (QED) is 0.738. The Balaban J connectivity index is 2.45. The number of carbonyl (C=O) groups is 1. The van der Waals surface area contributed by atoms with Crippen LogP contribution in [0.4, 0.5) is 4.79 Å². The first kappa shape index (κ1) is 15.2. The molecule has 0 heterocycles. The van der Waals surface area contributed by atoms with Crippen LogP contribution >= 0.6 is 0 Å². The summed E-state index contributed by atoms with van der Waals surface area (Å²) in [6.07, 6.45) is 4.90. The van der Waals surface area contributed by atoms with E-state index in [9.17, 15) is 4.79 Å². The molecule has 0 unspecified atom stereocenters. The molecule has 1 aliphatic rings. The number of nitrogens with zero attached hydrogens (tertiary/aromatic N) is 2. The smallest absolute Gasteiger partial charge is 0.317 e. The zero-order chi connectivity index (χ0) is 13.6. The minimum atomic E-state index is -0.0888. The normalized spacial score (nSPS) is 18.1. The Hall–Kier alpha value is -0.810. The third kappa shape index (κ3) is 4.46. The number of amides is 2. The van der Waals surface area contributed by atoms with E-state index >= 15 is 0 Å². The largest absolute Gasteiger partial charge is 0.395 e. The molecule has 5 nitrogen and oxygen atoms in total. The van der Waals surface area contributed by atoms with E-state index in [-0.39, 0.29) is 18.1 Å². The average Bonchev–Trinajstić information content (AvgIpc) is 2.74. The SMILES string of the molecule is CN(C)CC1(CNC(=O)N(C)CCO)CCCC1. The number of likely N-dealkylation sites (N-methyl/N-ethyl adjacent to an activating group) is 1. The first-order valence-corrected chi connectivity index (χ1v) is 6.74. The third-order valence-electron chi connectivity index (χ3n) is 3.71. The lowest BCUT2D eigenvalue weighted by Crippen LogP contribution is -2.46. The molecule has 0 atom stereocenters. The molecule has 106 valence electrons. The van der Waals surface area contributed by atoms with Crippen LogP contribution in [0.25, 0.3) is 0 Å². The number of aliphatic hydroxyl groups excluding tert-OH is 1. The molecule has 0 saturated heterocycles. The summed E-state index contributed by atoms with van der Waals surface area (Å²) in [6, 6.07) is -0.0888. The summed E-state index contributed by atoms with van der Waals surface area (Å²) in [6.45, 7) is 2.15. The molecule has 1 rings (SSSR count). The van der Waals surface area contributed by atoms with Crippen molar-refractivity contribution in [2.75, 3.05) is 47.4 Å². The Labute approximate surface area is 110 Å². The van der Waals surface area contributed by atoms with Gasteiger partial charge in [-0.05, 0) is 26.9 Å². The summed E-state index contributed by atoms with van der Waals surface area (Å²) in [5.74, 6) is 0. The fourth-order valence-corrected chi connectivity index (χ4v) is 2.84. The Bertz CT molecular complexity index is 263. The second-order valence-electron chi connectivity index (χ2n) is 5.75. The predicted molar refractivity (Wildman–Crippen MR) is 72.6 cm³/mol.